The summed E-state index contributed by atoms with van der Waals surface area (Å²) in [5.41, 5.74) is 35.7. The summed E-state index contributed by atoms with van der Waals surface area (Å²) < 4.78 is 14.6. The lowest BCUT2D eigenvalue weighted by atomic mass is 9.99. The molecule has 0 amide bonds. The van der Waals surface area contributed by atoms with Crippen molar-refractivity contribution in [3.05, 3.63) is 473 Å². The molecule has 0 N–H and O–H groups in total. The van der Waals surface area contributed by atoms with Gasteiger partial charge in [-0.25, -0.2) is 0 Å². The zero-order valence-electron chi connectivity index (χ0n) is 68.7. The Morgan fingerprint density at radius 3 is 0.675 bits per heavy atom. The van der Waals surface area contributed by atoms with Crippen LogP contribution in [0, 0.1) is 0 Å². The Hall–Kier alpha value is -16.8. The van der Waals surface area contributed by atoms with Crippen LogP contribution in [-0.2, 0) is 0 Å². The summed E-state index contributed by atoms with van der Waals surface area (Å²) in [6.07, 6.45) is 0. The van der Waals surface area contributed by atoms with Crippen molar-refractivity contribution in [1.29, 1.82) is 0 Å². The smallest absolute Gasteiger partial charge is 0.0641 e. The highest BCUT2D eigenvalue weighted by Crippen LogP contribution is 2.48. The predicted octanol–water partition coefficient (Wildman–Crippen LogP) is 32.0. The van der Waals surface area contributed by atoms with E-state index >= 15 is 0 Å². The fourth-order valence-electron chi connectivity index (χ4n) is 20.3. The van der Waals surface area contributed by atoms with Crippen molar-refractivity contribution in [2.45, 2.75) is 0 Å². The Morgan fingerprint density at radius 1 is 0.103 bits per heavy atom. The number of hydrogen-bond donors (Lipinski definition) is 0. The number of aromatic nitrogens is 6. The zero-order valence-corrected chi connectivity index (χ0v) is 68.7. The second-order valence-corrected chi connectivity index (χ2v) is 33.0. The van der Waals surface area contributed by atoms with Crippen LogP contribution in [0.1, 0.15) is 0 Å². The molecule has 0 saturated carbocycles. The molecule has 26 rings (SSSR count). The zero-order chi connectivity index (χ0) is 82.9. The monoisotopic (exact) mass is 1600 g/mol. The molecule has 0 aliphatic heterocycles. The van der Waals surface area contributed by atoms with Gasteiger partial charge in [0.25, 0.3) is 0 Å². The minimum Gasteiger partial charge on any atom is -0.309 e. The molecular weight excluding hydrogens is 1530 g/mol. The first-order valence-corrected chi connectivity index (χ1v) is 43.4. The minimum atomic E-state index is 1.13. The summed E-state index contributed by atoms with van der Waals surface area (Å²) in [7, 11) is 0. The third-order valence-corrected chi connectivity index (χ3v) is 26.1. The molecule has 20 aromatic carbocycles. The highest BCUT2D eigenvalue weighted by molar-refractivity contribution is 6.30. The van der Waals surface area contributed by atoms with E-state index in [4.69, 9.17) is 0 Å². The Balaban J connectivity index is 0.000000137. The number of hydrogen-bond acceptors (Lipinski definition) is 0. The van der Waals surface area contributed by atoms with Gasteiger partial charge in [0.1, 0.15) is 0 Å². The number of fused-ring (bicyclic) bond motifs is 20. The molecule has 0 radical (unpaired) electrons. The highest BCUT2D eigenvalue weighted by Gasteiger charge is 2.26. The summed E-state index contributed by atoms with van der Waals surface area (Å²) in [6, 6.07) is 173. The van der Waals surface area contributed by atoms with Gasteiger partial charge in [-0.2, -0.15) is 0 Å². The van der Waals surface area contributed by atoms with Crippen LogP contribution in [0.15, 0.2) is 473 Å². The van der Waals surface area contributed by atoms with Gasteiger partial charge in [-0.05, 0) is 231 Å². The van der Waals surface area contributed by atoms with Crippen LogP contribution in [0.25, 0.3) is 232 Å². The summed E-state index contributed by atoms with van der Waals surface area (Å²) in [5, 5.41) is 14.9. The standard InChI is InChI=1S/2C60H39N3/c1-4-14-40(15-5-1)42-24-30-47(31-25-42)61-54-22-12-11-21-50(54)52-38-44(28-35-56(52)61)45-29-36-57-53(39-45)59-58(62(57)48-32-26-43(27-33-48)41-16-6-2-7-17-41)37-34-51-49-20-10-13-23-55(49)63(60(51)59)46-18-8-3-9-19-46;1-4-14-40(15-5-1)42-24-30-47(31-25-42)61-53-22-12-10-20-49(53)51-38-44(28-34-55(51)61)45-29-35-56-52(39-45)60-58(63(56)48-32-26-43(27-33-48)41-16-6-2-7-17-41)37-36-57-59(60)50-21-11-13-23-54(50)62(57)46-18-8-3-9-19-46/h2*1-39H. The normalized spacial score (nSPS) is 11.8. The van der Waals surface area contributed by atoms with E-state index in [1.165, 1.54) is 198 Å². The van der Waals surface area contributed by atoms with Crippen LogP contribution in [0.5, 0.6) is 0 Å². The summed E-state index contributed by atoms with van der Waals surface area (Å²) in [5.74, 6) is 0. The van der Waals surface area contributed by atoms with Crippen molar-refractivity contribution in [2.24, 2.45) is 0 Å². The van der Waals surface area contributed by atoms with Gasteiger partial charge in [0.2, 0.25) is 0 Å². The first kappa shape index (κ1) is 72.1. The van der Waals surface area contributed by atoms with Gasteiger partial charge in [0.15, 0.2) is 0 Å². The highest BCUT2D eigenvalue weighted by atomic mass is 15.0. The van der Waals surface area contributed by atoms with Crippen LogP contribution >= 0.6 is 0 Å². The lowest BCUT2D eigenvalue weighted by Gasteiger charge is -2.11. The van der Waals surface area contributed by atoms with Gasteiger partial charge in [-0.1, -0.05) is 309 Å². The van der Waals surface area contributed by atoms with Gasteiger partial charge in [-0.3, -0.25) is 0 Å². The van der Waals surface area contributed by atoms with E-state index in [0.717, 1.165) is 34.1 Å². The number of para-hydroxylation sites is 6. The number of nitrogens with zero attached hydrogens (tertiary/aromatic N) is 6. The SMILES string of the molecule is c1ccc(-c2ccc(-n3c4ccccc4c4cc(-c5ccc6c(c5)c5c(ccc7c8ccccc8n(-c8ccccc8)c75)n6-c5ccc(-c6ccccc6)cc5)ccc43)cc2)cc1.c1ccc(-c2ccc(-n3c4ccccc4c4cc(-c5ccc6c(c5)c5c7c8ccccc8n(-c8ccccc8)c7ccc5n6-c5ccc(-c6ccccc6)cc5)ccc43)cc2)cc1. The Labute approximate surface area is 727 Å². The van der Waals surface area contributed by atoms with E-state index in [1.54, 1.807) is 0 Å². The average Bonchev–Trinajstić information content (AvgIpc) is 1.54. The molecule has 26 aromatic rings. The van der Waals surface area contributed by atoms with Gasteiger partial charge >= 0.3 is 0 Å². The Bertz CT molecular complexity index is 8730. The molecule has 0 spiro atoms. The van der Waals surface area contributed by atoms with Crippen molar-refractivity contribution in [2.75, 3.05) is 0 Å². The molecule has 0 aliphatic carbocycles. The van der Waals surface area contributed by atoms with Crippen LogP contribution in [0.4, 0.5) is 0 Å². The molecule has 0 saturated heterocycles. The molecule has 0 bridgehead atoms. The van der Waals surface area contributed by atoms with Gasteiger partial charge in [0.05, 0.1) is 66.2 Å². The number of rotatable bonds is 12. The van der Waals surface area contributed by atoms with Crippen LogP contribution in [0.3, 0.4) is 0 Å². The molecule has 588 valence electrons. The largest absolute Gasteiger partial charge is 0.309 e. The van der Waals surface area contributed by atoms with E-state index in [2.05, 4.69) is 501 Å². The molecule has 0 unspecified atom stereocenters. The molecule has 126 heavy (non-hydrogen) atoms. The topological polar surface area (TPSA) is 29.6 Å². The third kappa shape index (κ3) is 11.7. The lowest BCUT2D eigenvalue weighted by molar-refractivity contribution is 1.17. The summed E-state index contributed by atoms with van der Waals surface area (Å²) >= 11 is 0. The van der Waals surface area contributed by atoms with E-state index < -0.39 is 0 Å². The first-order valence-electron chi connectivity index (χ1n) is 43.4. The van der Waals surface area contributed by atoms with E-state index in [0.29, 0.717) is 0 Å². The first-order chi connectivity index (χ1) is 62.5. The molecule has 6 nitrogen and oxygen atoms in total. The summed E-state index contributed by atoms with van der Waals surface area (Å²) in [4.78, 5) is 0. The van der Waals surface area contributed by atoms with Crippen LogP contribution < -0.4 is 0 Å². The van der Waals surface area contributed by atoms with Gasteiger partial charge in [0, 0.05) is 98.8 Å². The van der Waals surface area contributed by atoms with Gasteiger partial charge in [-0.15, -0.1) is 0 Å². The average molecular weight is 1600 g/mol. The predicted molar refractivity (Wildman–Crippen MR) is 532 cm³/mol. The summed E-state index contributed by atoms with van der Waals surface area (Å²) in [6.45, 7) is 0. The number of benzene rings is 20. The van der Waals surface area contributed by atoms with Crippen molar-refractivity contribution < 1.29 is 0 Å². The quantitative estimate of drug-likeness (QED) is 0.117. The fraction of sp³-hybridized carbons (Fsp3) is 0. The van der Waals surface area contributed by atoms with Crippen molar-refractivity contribution in [1.82, 2.24) is 27.4 Å². The molecule has 6 aromatic heterocycles. The second-order valence-electron chi connectivity index (χ2n) is 33.0. The van der Waals surface area contributed by atoms with Gasteiger partial charge < -0.3 is 27.4 Å². The third-order valence-electron chi connectivity index (χ3n) is 26.1. The maximum atomic E-state index is 2.47. The maximum absolute atomic E-state index is 2.47. The van der Waals surface area contributed by atoms with Crippen molar-refractivity contribution in [3.63, 3.8) is 0 Å². The molecular formula is C120H78N6. The van der Waals surface area contributed by atoms with E-state index in [9.17, 15) is 0 Å². The molecule has 0 fully saturated rings. The minimum absolute atomic E-state index is 1.13. The van der Waals surface area contributed by atoms with Crippen LogP contribution in [0.2, 0.25) is 0 Å². The lowest BCUT2D eigenvalue weighted by Crippen LogP contribution is -1.95. The Morgan fingerprint density at radius 2 is 0.310 bits per heavy atom. The molecule has 6 heteroatoms. The maximum Gasteiger partial charge on any atom is 0.0641 e. The Kier molecular flexibility index (Phi) is 16.9. The van der Waals surface area contributed by atoms with Crippen molar-refractivity contribution in [3.8, 4) is 101 Å². The fourth-order valence-corrected chi connectivity index (χ4v) is 20.3. The van der Waals surface area contributed by atoms with E-state index in [-0.39, 0.29) is 0 Å². The van der Waals surface area contributed by atoms with Crippen molar-refractivity contribution >= 4 is 131 Å². The van der Waals surface area contributed by atoms with E-state index in [1.807, 2.05) is 0 Å². The molecule has 0 atom stereocenters. The molecule has 6 heterocycles. The van der Waals surface area contributed by atoms with Crippen LogP contribution in [-0.4, -0.2) is 27.4 Å². The second kappa shape index (κ2) is 29.5. The molecule has 0 aliphatic rings.